The summed E-state index contributed by atoms with van der Waals surface area (Å²) in [7, 11) is 0. The van der Waals surface area contributed by atoms with Crippen LogP contribution in [0.25, 0.3) is 0 Å². The largest absolute Gasteiger partial charge is 0.310 e. The molecule has 0 saturated heterocycles. The zero-order valence-corrected chi connectivity index (χ0v) is 14.1. The first-order valence-corrected chi connectivity index (χ1v) is 7.93. The molecule has 0 saturated carbocycles. The van der Waals surface area contributed by atoms with Crippen LogP contribution >= 0.6 is 39.1 Å². The summed E-state index contributed by atoms with van der Waals surface area (Å²) >= 11 is 15.8. The van der Waals surface area contributed by atoms with E-state index in [9.17, 15) is 0 Å². The summed E-state index contributed by atoms with van der Waals surface area (Å²) in [5, 5.41) is 4.88. The van der Waals surface area contributed by atoms with Gasteiger partial charge in [-0.25, -0.2) is 0 Å². The third-order valence-corrected chi connectivity index (χ3v) is 4.65. The molecule has 0 fully saturated rings. The SMILES string of the molecule is CCNC(Cc1ccncc1Cl)c1ccc(Br)c(Cl)c1. The van der Waals surface area contributed by atoms with Crippen LogP contribution in [0.5, 0.6) is 0 Å². The zero-order valence-electron chi connectivity index (χ0n) is 11.0. The summed E-state index contributed by atoms with van der Waals surface area (Å²) < 4.78 is 0.903. The van der Waals surface area contributed by atoms with Crippen LogP contribution in [0.4, 0.5) is 0 Å². The molecule has 0 radical (unpaired) electrons. The van der Waals surface area contributed by atoms with Crippen LogP contribution in [-0.4, -0.2) is 11.5 Å². The number of rotatable bonds is 5. The summed E-state index contributed by atoms with van der Waals surface area (Å²) in [4.78, 5) is 4.02. The Labute approximate surface area is 137 Å². The molecule has 1 aromatic heterocycles. The lowest BCUT2D eigenvalue weighted by Gasteiger charge is -2.19. The number of aromatic nitrogens is 1. The van der Waals surface area contributed by atoms with Gasteiger partial charge < -0.3 is 5.32 Å². The molecule has 1 N–H and O–H groups in total. The van der Waals surface area contributed by atoms with E-state index in [0.717, 1.165) is 28.6 Å². The van der Waals surface area contributed by atoms with Gasteiger partial charge in [-0.15, -0.1) is 0 Å². The number of likely N-dealkylation sites (N-methyl/N-ethyl adjacent to an activating group) is 1. The molecule has 0 spiro atoms. The van der Waals surface area contributed by atoms with Gasteiger partial charge >= 0.3 is 0 Å². The highest BCUT2D eigenvalue weighted by Crippen LogP contribution is 2.28. The van der Waals surface area contributed by atoms with Gasteiger partial charge in [0.15, 0.2) is 0 Å². The van der Waals surface area contributed by atoms with Crippen LogP contribution in [0, 0.1) is 0 Å². The van der Waals surface area contributed by atoms with Crippen LogP contribution in [0.1, 0.15) is 24.1 Å². The third kappa shape index (κ3) is 3.95. The van der Waals surface area contributed by atoms with E-state index >= 15 is 0 Å². The van der Waals surface area contributed by atoms with Crippen molar-refractivity contribution in [2.45, 2.75) is 19.4 Å². The topological polar surface area (TPSA) is 24.9 Å². The highest BCUT2D eigenvalue weighted by atomic mass is 79.9. The molecule has 2 nitrogen and oxygen atoms in total. The fourth-order valence-corrected chi connectivity index (χ4v) is 2.70. The summed E-state index contributed by atoms with van der Waals surface area (Å²) in [6.07, 6.45) is 4.24. The van der Waals surface area contributed by atoms with Crippen molar-refractivity contribution < 1.29 is 0 Å². The van der Waals surface area contributed by atoms with Crippen molar-refractivity contribution in [3.8, 4) is 0 Å². The molecule has 0 aliphatic heterocycles. The van der Waals surface area contributed by atoms with Gasteiger partial charge in [0.05, 0.1) is 10.0 Å². The molecule has 0 amide bonds. The van der Waals surface area contributed by atoms with Crippen LogP contribution in [-0.2, 0) is 6.42 Å². The fourth-order valence-electron chi connectivity index (χ4n) is 2.07. The van der Waals surface area contributed by atoms with E-state index in [-0.39, 0.29) is 6.04 Å². The number of pyridine rings is 1. The number of hydrogen-bond donors (Lipinski definition) is 1. The quantitative estimate of drug-likeness (QED) is 0.793. The van der Waals surface area contributed by atoms with Crippen molar-refractivity contribution >= 4 is 39.1 Å². The van der Waals surface area contributed by atoms with E-state index < -0.39 is 0 Å². The van der Waals surface area contributed by atoms with Crippen molar-refractivity contribution in [3.63, 3.8) is 0 Å². The highest BCUT2D eigenvalue weighted by molar-refractivity contribution is 9.10. The van der Waals surface area contributed by atoms with Gasteiger partial charge in [-0.2, -0.15) is 0 Å². The summed E-state index contributed by atoms with van der Waals surface area (Å²) in [5.41, 5.74) is 2.22. The lowest BCUT2D eigenvalue weighted by Crippen LogP contribution is -2.23. The molecule has 106 valence electrons. The lowest BCUT2D eigenvalue weighted by molar-refractivity contribution is 0.549. The Kier molecular flexibility index (Phi) is 5.85. The Balaban J connectivity index is 2.27. The van der Waals surface area contributed by atoms with Crippen molar-refractivity contribution in [1.29, 1.82) is 0 Å². The maximum absolute atomic E-state index is 6.19. The maximum atomic E-state index is 6.19. The molecular weight excluding hydrogens is 359 g/mol. The Hall–Kier alpha value is -0.610. The zero-order chi connectivity index (χ0) is 14.5. The maximum Gasteiger partial charge on any atom is 0.0622 e. The minimum absolute atomic E-state index is 0.172. The first kappa shape index (κ1) is 15.8. The van der Waals surface area contributed by atoms with Gasteiger partial charge in [0.2, 0.25) is 0 Å². The number of nitrogens with zero attached hydrogens (tertiary/aromatic N) is 1. The molecule has 1 aromatic carbocycles. The van der Waals surface area contributed by atoms with Gasteiger partial charge in [-0.3, -0.25) is 4.98 Å². The van der Waals surface area contributed by atoms with Crippen molar-refractivity contribution in [3.05, 3.63) is 62.3 Å². The number of benzene rings is 1. The predicted molar refractivity (Wildman–Crippen MR) is 88.5 cm³/mol. The van der Waals surface area contributed by atoms with Gasteiger partial charge in [0.25, 0.3) is 0 Å². The second-order valence-electron chi connectivity index (χ2n) is 4.46. The van der Waals surface area contributed by atoms with E-state index in [4.69, 9.17) is 23.2 Å². The summed E-state index contributed by atoms with van der Waals surface area (Å²) in [6, 6.07) is 8.14. The molecule has 0 aliphatic rings. The molecular formula is C15H15BrCl2N2. The van der Waals surface area contributed by atoms with Crippen molar-refractivity contribution in [2.24, 2.45) is 0 Å². The highest BCUT2D eigenvalue weighted by Gasteiger charge is 2.14. The predicted octanol–water partition coefficient (Wildman–Crippen LogP) is 5.04. The normalized spacial score (nSPS) is 12.4. The van der Waals surface area contributed by atoms with E-state index in [1.807, 2.05) is 18.2 Å². The van der Waals surface area contributed by atoms with Gasteiger partial charge in [-0.1, -0.05) is 36.2 Å². The molecule has 0 aliphatic carbocycles. The smallest absolute Gasteiger partial charge is 0.0622 e. The Bertz CT molecular complexity index is 590. The van der Waals surface area contributed by atoms with Gasteiger partial charge in [-0.05, 0) is 58.2 Å². The third-order valence-electron chi connectivity index (χ3n) is 3.08. The first-order valence-electron chi connectivity index (χ1n) is 6.38. The molecule has 5 heteroatoms. The lowest BCUT2D eigenvalue weighted by atomic mass is 9.99. The van der Waals surface area contributed by atoms with Gasteiger partial charge in [0.1, 0.15) is 0 Å². The second kappa shape index (κ2) is 7.41. The molecule has 1 heterocycles. The average molecular weight is 374 g/mol. The minimum atomic E-state index is 0.172. The monoisotopic (exact) mass is 372 g/mol. The standard InChI is InChI=1S/C15H15BrCl2N2/c1-2-20-15(8-10-5-6-19-9-14(10)18)11-3-4-12(16)13(17)7-11/h3-7,9,15,20H,2,8H2,1H3. The van der Waals surface area contributed by atoms with E-state index in [1.54, 1.807) is 12.4 Å². The fraction of sp³-hybridized carbons (Fsp3) is 0.267. The number of halogens is 3. The second-order valence-corrected chi connectivity index (χ2v) is 6.12. The molecule has 2 aromatic rings. The van der Waals surface area contributed by atoms with E-state index in [0.29, 0.717) is 10.0 Å². The van der Waals surface area contributed by atoms with Crippen LogP contribution in [0.3, 0.4) is 0 Å². The first-order chi connectivity index (χ1) is 9.61. The van der Waals surface area contributed by atoms with Crippen LogP contribution in [0.2, 0.25) is 10.0 Å². The summed E-state index contributed by atoms with van der Waals surface area (Å²) in [5.74, 6) is 0. The molecule has 20 heavy (non-hydrogen) atoms. The number of hydrogen-bond acceptors (Lipinski definition) is 2. The molecule has 0 bridgehead atoms. The Morgan fingerprint density at radius 1 is 1.25 bits per heavy atom. The van der Waals surface area contributed by atoms with E-state index in [2.05, 4.69) is 39.2 Å². The Morgan fingerprint density at radius 3 is 2.70 bits per heavy atom. The molecule has 1 unspecified atom stereocenters. The average Bonchev–Trinajstić information content (AvgIpc) is 2.44. The summed E-state index contributed by atoms with van der Waals surface area (Å²) in [6.45, 7) is 2.96. The van der Waals surface area contributed by atoms with Gasteiger partial charge in [0, 0.05) is 22.9 Å². The number of nitrogens with one attached hydrogen (secondary N) is 1. The van der Waals surface area contributed by atoms with Crippen molar-refractivity contribution in [1.82, 2.24) is 10.3 Å². The van der Waals surface area contributed by atoms with Crippen LogP contribution < -0.4 is 5.32 Å². The Morgan fingerprint density at radius 2 is 2.05 bits per heavy atom. The van der Waals surface area contributed by atoms with Crippen LogP contribution in [0.15, 0.2) is 41.1 Å². The molecule has 1 atom stereocenters. The minimum Gasteiger partial charge on any atom is -0.310 e. The van der Waals surface area contributed by atoms with E-state index in [1.165, 1.54) is 0 Å². The van der Waals surface area contributed by atoms with Crippen molar-refractivity contribution in [2.75, 3.05) is 6.54 Å². The molecule has 2 rings (SSSR count).